The Kier molecular flexibility index (Phi) is 6.11. The van der Waals surface area contributed by atoms with Crippen LogP contribution in [0.25, 0.3) is 10.1 Å². The van der Waals surface area contributed by atoms with Crippen molar-refractivity contribution in [2.45, 2.75) is 12.3 Å². The Labute approximate surface area is 205 Å². The van der Waals surface area contributed by atoms with Crippen molar-refractivity contribution in [3.8, 4) is 0 Å². The number of likely N-dealkylation sites (tertiary alicyclic amines) is 1. The molecule has 3 aromatic carbocycles. The Balaban J connectivity index is 1.37. The topological polar surface area (TPSA) is 49.4 Å². The summed E-state index contributed by atoms with van der Waals surface area (Å²) in [6.45, 7) is 1.34. The van der Waals surface area contributed by atoms with Crippen LogP contribution in [0.3, 0.4) is 0 Å². The van der Waals surface area contributed by atoms with E-state index in [2.05, 4.69) is 17.4 Å². The number of anilines is 1. The third kappa shape index (κ3) is 4.36. The molecule has 1 aliphatic rings. The highest BCUT2D eigenvalue weighted by molar-refractivity contribution is 7.21. The molecular formula is C26H20Cl2N2O2S. The zero-order chi connectivity index (χ0) is 22.9. The van der Waals surface area contributed by atoms with Crippen molar-refractivity contribution in [3.05, 3.63) is 98.8 Å². The van der Waals surface area contributed by atoms with Gasteiger partial charge >= 0.3 is 0 Å². The molecule has 2 amide bonds. The summed E-state index contributed by atoms with van der Waals surface area (Å²) in [5.41, 5.74) is 2.19. The number of halogens is 2. The summed E-state index contributed by atoms with van der Waals surface area (Å²) in [4.78, 5) is 28.7. The van der Waals surface area contributed by atoms with Crippen LogP contribution in [0.15, 0.2) is 72.8 Å². The first-order valence-electron chi connectivity index (χ1n) is 10.6. The maximum atomic E-state index is 13.3. The summed E-state index contributed by atoms with van der Waals surface area (Å²) in [6.07, 6.45) is 0.921. The number of nitrogens with zero attached hydrogens (tertiary/aromatic N) is 1. The molecule has 166 valence electrons. The van der Waals surface area contributed by atoms with Crippen molar-refractivity contribution in [2.75, 3.05) is 18.4 Å². The molecule has 1 N–H and O–H groups in total. The maximum Gasteiger partial charge on any atom is 0.267 e. The first-order valence-corrected chi connectivity index (χ1v) is 12.2. The van der Waals surface area contributed by atoms with Crippen molar-refractivity contribution < 1.29 is 9.59 Å². The van der Waals surface area contributed by atoms with E-state index in [1.54, 1.807) is 36.4 Å². The van der Waals surface area contributed by atoms with E-state index in [-0.39, 0.29) is 11.8 Å². The summed E-state index contributed by atoms with van der Waals surface area (Å²) < 4.78 is 0.839. The molecule has 1 unspecified atom stereocenters. The molecule has 1 aromatic heterocycles. The number of benzene rings is 3. The summed E-state index contributed by atoms with van der Waals surface area (Å²) in [7, 11) is 0. The van der Waals surface area contributed by atoms with Gasteiger partial charge in [0.25, 0.3) is 11.8 Å². The van der Waals surface area contributed by atoms with E-state index in [0.717, 1.165) is 16.5 Å². The number of rotatable bonds is 4. The van der Waals surface area contributed by atoms with E-state index in [0.29, 0.717) is 45.2 Å². The van der Waals surface area contributed by atoms with Gasteiger partial charge < -0.3 is 10.2 Å². The molecule has 7 heteroatoms. The van der Waals surface area contributed by atoms with Gasteiger partial charge in [-0.05, 0) is 36.2 Å². The largest absolute Gasteiger partial charge is 0.338 e. The standard InChI is InChI=1S/C26H20Cl2N2O2S/c27-18-10-11-20-22(14-18)33-24(23(20)28)25(31)29-21-9-5-4-8-19(21)26(32)30-13-12-17(15-30)16-6-2-1-3-7-16/h1-11,14,17H,12-13,15H2,(H,29,31). The van der Waals surface area contributed by atoms with Crippen LogP contribution in [0.2, 0.25) is 10.0 Å². The molecule has 0 spiro atoms. The van der Waals surface area contributed by atoms with E-state index in [9.17, 15) is 9.59 Å². The molecule has 33 heavy (non-hydrogen) atoms. The molecule has 0 radical (unpaired) electrons. The second-order valence-electron chi connectivity index (χ2n) is 8.03. The van der Waals surface area contributed by atoms with Gasteiger partial charge in [0.05, 0.1) is 16.3 Å². The highest BCUT2D eigenvalue weighted by Crippen LogP contribution is 2.37. The molecule has 0 saturated carbocycles. The number of para-hydroxylation sites is 1. The Morgan fingerprint density at radius 3 is 2.55 bits per heavy atom. The fourth-order valence-corrected chi connectivity index (χ4v) is 5.94. The molecule has 1 aliphatic heterocycles. The Bertz CT molecular complexity index is 1350. The van der Waals surface area contributed by atoms with Gasteiger partial charge in [-0.15, -0.1) is 11.3 Å². The van der Waals surface area contributed by atoms with Gasteiger partial charge in [0, 0.05) is 34.1 Å². The molecule has 4 nitrogen and oxygen atoms in total. The Morgan fingerprint density at radius 1 is 0.970 bits per heavy atom. The number of nitrogens with one attached hydrogen (secondary N) is 1. The van der Waals surface area contributed by atoms with Crippen molar-refractivity contribution in [1.82, 2.24) is 4.90 Å². The van der Waals surface area contributed by atoms with Gasteiger partial charge in [-0.25, -0.2) is 0 Å². The van der Waals surface area contributed by atoms with E-state index >= 15 is 0 Å². The van der Waals surface area contributed by atoms with E-state index < -0.39 is 0 Å². The SMILES string of the molecule is O=C(Nc1ccccc1C(=O)N1CCC(c2ccccc2)C1)c1sc2cc(Cl)ccc2c1Cl. The van der Waals surface area contributed by atoms with Crippen molar-refractivity contribution in [2.24, 2.45) is 0 Å². The number of amides is 2. The highest BCUT2D eigenvalue weighted by Gasteiger charge is 2.29. The van der Waals surface area contributed by atoms with Crippen LogP contribution in [-0.4, -0.2) is 29.8 Å². The number of hydrogen-bond donors (Lipinski definition) is 1. The molecular weight excluding hydrogens is 475 g/mol. The highest BCUT2D eigenvalue weighted by atomic mass is 35.5. The minimum absolute atomic E-state index is 0.0847. The lowest BCUT2D eigenvalue weighted by molar-refractivity contribution is 0.0792. The predicted molar refractivity (Wildman–Crippen MR) is 136 cm³/mol. The number of thiophene rings is 1. The fraction of sp³-hybridized carbons (Fsp3) is 0.154. The maximum absolute atomic E-state index is 13.3. The minimum Gasteiger partial charge on any atom is -0.338 e. The number of hydrogen-bond acceptors (Lipinski definition) is 3. The molecule has 5 rings (SSSR count). The average molecular weight is 495 g/mol. The lowest BCUT2D eigenvalue weighted by atomic mass is 9.99. The molecule has 4 aromatic rings. The molecule has 1 saturated heterocycles. The lowest BCUT2D eigenvalue weighted by Crippen LogP contribution is -2.29. The second kappa shape index (κ2) is 9.18. The average Bonchev–Trinajstić information content (AvgIpc) is 3.45. The van der Waals surface area contributed by atoms with Crippen LogP contribution in [0.4, 0.5) is 5.69 Å². The van der Waals surface area contributed by atoms with Crippen LogP contribution in [0.5, 0.6) is 0 Å². The van der Waals surface area contributed by atoms with Crippen LogP contribution in [0, 0.1) is 0 Å². The first-order chi connectivity index (χ1) is 16.0. The Morgan fingerprint density at radius 2 is 1.73 bits per heavy atom. The summed E-state index contributed by atoms with van der Waals surface area (Å²) >= 11 is 13.8. The van der Waals surface area contributed by atoms with Gasteiger partial charge in [-0.1, -0.05) is 71.7 Å². The van der Waals surface area contributed by atoms with Gasteiger partial charge in [-0.3, -0.25) is 9.59 Å². The van der Waals surface area contributed by atoms with E-state index in [1.807, 2.05) is 29.2 Å². The lowest BCUT2D eigenvalue weighted by Gasteiger charge is -2.19. The zero-order valence-corrected chi connectivity index (χ0v) is 19.9. The minimum atomic E-state index is -0.346. The Hall–Kier alpha value is -2.86. The van der Waals surface area contributed by atoms with Gasteiger partial charge in [0.2, 0.25) is 0 Å². The van der Waals surface area contributed by atoms with Crippen LogP contribution < -0.4 is 5.32 Å². The molecule has 0 aliphatic carbocycles. The molecule has 1 atom stereocenters. The van der Waals surface area contributed by atoms with Crippen molar-refractivity contribution in [1.29, 1.82) is 0 Å². The zero-order valence-electron chi connectivity index (χ0n) is 17.6. The molecule has 1 fully saturated rings. The second-order valence-corrected chi connectivity index (χ2v) is 9.90. The van der Waals surface area contributed by atoms with E-state index in [1.165, 1.54) is 16.9 Å². The van der Waals surface area contributed by atoms with Crippen LogP contribution in [-0.2, 0) is 0 Å². The van der Waals surface area contributed by atoms with Crippen molar-refractivity contribution in [3.63, 3.8) is 0 Å². The summed E-state index contributed by atoms with van der Waals surface area (Å²) in [6, 6.07) is 22.7. The third-order valence-corrected chi connectivity index (χ3v) is 7.84. The smallest absolute Gasteiger partial charge is 0.267 e. The van der Waals surface area contributed by atoms with Crippen molar-refractivity contribution >= 4 is 62.1 Å². The quantitative estimate of drug-likeness (QED) is 0.329. The van der Waals surface area contributed by atoms with Crippen LogP contribution >= 0.6 is 34.5 Å². The van der Waals surface area contributed by atoms with Gasteiger partial charge in [-0.2, -0.15) is 0 Å². The first kappa shape index (κ1) is 22.0. The molecule has 0 bridgehead atoms. The summed E-state index contributed by atoms with van der Waals surface area (Å²) in [5.74, 6) is -0.110. The fourth-order valence-electron chi connectivity index (χ4n) is 4.26. The third-order valence-electron chi connectivity index (χ3n) is 5.95. The number of carbonyl (C=O) groups is 2. The van der Waals surface area contributed by atoms with E-state index in [4.69, 9.17) is 23.2 Å². The predicted octanol–water partition coefficient (Wildman–Crippen LogP) is 7.09. The molecule has 2 heterocycles. The van der Waals surface area contributed by atoms with Crippen LogP contribution in [0.1, 0.15) is 37.9 Å². The monoisotopic (exact) mass is 494 g/mol. The summed E-state index contributed by atoms with van der Waals surface area (Å²) in [5, 5.41) is 4.65. The van der Waals surface area contributed by atoms with Gasteiger partial charge in [0.15, 0.2) is 0 Å². The van der Waals surface area contributed by atoms with Gasteiger partial charge in [0.1, 0.15) is 4.88 Å². The normalized spacial score (nSPS) is 15.7. The number of fused-ring (bicyclic) bond motifs is 1. The number of carbonyl (C=O) groups excluding carboxylic acids is 2.